The fourth-order valence-electron chi connectivity index (χ4n) is 3.22. The van der Waals surface area contributed by atoms with Gasteiger partial charge in [0, 0.05) is 42.1 Å². The molecule has 1 atom stereocenters. The second kappa shape index (κ2) is 7.41. The van der Waals surface area contributed by atoms with Crippen molar-refractivity contribution in [2.45, 2.75) is 26.1 Å². The lowest BCUT2D eigenvalue weighted by Crippen LogP contribution is -2.08. The van der Waals surface area contributed by atoms with Gasteiger partial charge in [-0.1, -0.05) is 0 Å². The van der Waals surface area contributed by atoms with E-state index in [2.05, 4.69) is 4.98 Å². The maximum Gasteiger partial charge on any atom is 0.454 e. The van der Waals surface area contributed by atoms with Crippen molar-refractivity contribution in [3.05, 3.63) is 41.5 Å². The van der Waals surface area contributed by atoms with Crippen LogP contribution in [-0.2, 0) is 4.65 Å². The van der Waals surface area contributed by atoms with Gasteiger partial charge in [-0.2, -0.15) is 0 Å². The van der Waals surface area contributed by atoms with Crippen LogP contribution in [-0.4, -0.2) is 37.4 Å². The Morgan fingerprint density at radius 3 is 2.76 bits per heavy atom. The zero-order valence-corrected chi connectivity index (χ0v) is 14.6. The molecule has 0 bridgehead atoms. The van der Waals surface area contributed by atoms with Crippen molar-refractivity contribution in [2.24, 2.45) is 0 Å². The van der Waals surface area contributed by atoms with Crippen LogP contribution >= 0.6 is 0 Å². The summed E-state index contributed by atoms with van der Waals surface area (Å²) in [4.78, 5) is 4.27. The predicted octanol–water partition coefficient (Wildman–Crippen LogP) is 3.20. The molecular weight excluding hydrogens is 324 g/mol. The standard InChI is InChI=1S/C18H21BFNO4/c1-4-24-18-5-13(16(20)6-17(18)23-3)15-9-21-8-14(11(15)2)12-7-19(22)25-10-12/h5-6,8-9,12,22H,4,7,10H2,1-3H3. The van der Waals surface area contributed by atoms with E-state index in [9.17, 15) is 9.41 Å². The Labute approximate surface area is 146 Å². The molecule has 7 heteroatoms. The predicted molar refractivity (Wildman–Crippen MR) is 93.6 cm³/mol. The van der Waals surface area contributed by atoms with Crippen LogP contribution in [0.1, 0.15) is 24.0 Å². The maximum absolute atomic E-state index is 14.7. The van der Waals surface area contributed by atoms with Crippen LogP contribution in [0.2, 0.25) is 6.32 Å². The molecule has 0 amide bonds. The zero-order chi connectivity index (χ0) is 18.0. The van der Waals surface area contributed by atoms with Crippen LogP contribution in [0.3, 0.4) is 0 Å². The molecule has 1 fully saturated rings. The molecule has 1 saturated heterocycles. The number of hydrogen-bond donors (Lipinski definition) is 1. The molecule has 1 unspecified atom stereocenters. The van der Waals surface area contributed by atoms with Crippen LogP contribution in [0.25, 0.3) is 11.1 Å². The number of rotatable bonds is 5. The van der Waals surface area contributed by atoms with Gasteiger partial charge >= 0.3 is 7.12 Å². The van der Waals surface area contributed by atoms with Gasteiger partial charge in [0.1, 0.15) is 5.82 Å². The highest BCUT2D eigenvalue weighted by Gasteiger charge is 2.31. The van der Waals surface area contributed by atoms with E-state index in [-0.39, 0.29) is 5.92 Å². The Bertz CT molecular complexity index is 771. The lowest BCUT2D eigenvalue weighted by Gasteiger charge is -2.17. The minimum Gasteiger partial charge on any atom is -0.493 e. The van der Waals surface area contributed by atoms with E-state index in [4.69, 9.17) is 14.1 Å². The number of pyridine rings is 1. The minimum atomic E-state index is -0.754. The van der Waals surface area contributed by atoms with Crippen molar-refractivity contribution >= 4 is 7.12 Å². The van der Waals surface area contributed by atoms with Crippen molar-refractivity contribution in [1.82, 2.24) is 4.98 Å². The third-order valence-electron chi connectivity index (χ3n) is 4.51. The van der Waals surface area contributed by atoms with Crippen molar-refractivity contribution < 1.29 is 23.5 Å². The number of benzene rings is 1. The number of ether oxygens (including phenoxy) is 2. The first-order chi connectivity index (χ1) is 12.0. The highest BCUT2D eigenvalue weighted by Crippen LogP contribution is 2.38. The molecule has 1 aliphatic rings. The summed E-state index contributed by atoms with van der Waals surface area (Å²) in [6.07, 6.45) is 3.92. The van der Waals surface area contributed by atoms with Crippen LogP contribution in [0, 0.1) is 12.7 Å². The second-order valence-electron chi connectivity index (χ2n) is 6.04. The molecular formula is C18H21BFNO4. The first kappa shape index (κ1) is 17.7. The summed E-state index contributed by atoms with van der Waals surface area (Å²) in [6.45, 7) is 4.68. The zero-order valence-electron chi connectivity index (χ0n) is 14.6. The molecule has 0 radical (unpaired) electrons. The van der Waals surface area contributed by atoms with E-state index < -0.39 is 12.9 Å². The molecule has 0 saturated carbocycles. The Balaban J connectivity index is 2.06. The lowest BCUT2D eigenvalue weighted by molar-refractivity contribution is 0.292. The summed E-state index contributed by atoms with van der Waals surface area (Å²) in [5.41, 5.74) is 2.99. The van der Waals surface area contributed by atoms with Gasteiger partial charge in [0.15, 0.2) is 11.5 Å². The SMILES string of the molecule is CCOc1cc(-c2cncc(C3COB(O)C3)c2C)c(F)cc1OC. The van der Waals surface area contributed by atoms with E-state index in [1.807, 2.05) is 13.8 Å². The van der Waals surface area contributed by atoms with Crippen molar-refractivity contribution in [1.29, 1.82) is 0 Å². The molecule has 1 aromatic carbocycles. The largest absolute Gasteiger partial charge is 0.493 e. The van der Waals surface area contributed by atoms with E-state index in [1.165, 1.54) is 13.2 Å². The molecule has 0 aliphatic carbocycles. The molecule has 1 aliphatic heterocycles. The number of nitrogens with zero attached hydrogens (tertiary/aromatic N) is 1. The minimum absolute atomic E-state index is 0.0510. The molecule has 132 valence electrons. The monoisotopic (exact) mass is 345 g/mol. The highest BCUT2D eigenvalue weighted by molar-refractivity contribution is 6.43. The number of halogens is 1. The first-order valence-corrected chi connectivity index (χ1v) is 8.30. The second-order valence-corrected chi connectivity index (χ2v) is 6.04. The third kappa shape index (κ3) is 3.48. The van der Waals surface area contributed by atoms with E-state index in [0.717, 1.165) is 11.1 Å². The average molecular weight is 345 g/mol. The van der Waals surface area contributed by atoms with Gasteiger partial charge in [0.2, 0.25) is 0 Å². The van der Waals surface area contributed by atoms with Gasteiger partial charge in [-0.05, 0) is 37.4 Å². The van der Waals surface area contributed by atoms with Crippen molar-refractivity contribution in [3.8, 4) is 22.6 Å². The summed E-state index contributed by atoms with van der Waals surface area (Å²) >= 11 is 0. The van der Waals surface area contributed by atoms with E-state index in [0.29, 0.717) is 42.2 Å². The summed E-state index contributed by atoms with van der Waals surface area (Å²) < 4.78 is 30.7. The van der Waals surface area contributed by atoms with Crippen LogP contribution in [0.4, 0.5) is 4.39 Å². The lowest BCUT2D eigenvalue weighted by atomic mass is 9.78. The van der Waals surface area contributed by atoms with Crippen molar-refractivity contribution in [2.75, 3.05) is 20.3 Å². The van der Waals surface area contributed by atoms with Crippen LogP contribution < -0.4 is 9.47 Å². The fourth-order valence-corrected chi connectivity index (χ4v) is 3.22. The van der Waals surface area contributed by atoms with Gasteiger partial charge in [-0.15, -0.1) is 0 Å². The molecule has 25 heavy (non-hydrogen) atoms. The topological polar surface area (TPSA) is 60.8 Å². The molecule has 0 spiro atoms. The Morgan fingerprint density at radius 2 is 2.12 bits per heavy atom. The van der Waals surface area contributed by atoms with E-state index in [1.54, 1.807) is 18.5 Å². The molecule has 5 nitrogen and oxygen atoms in total. The first-order valence-electron chi connectivity index (χ1n) is 8.30. The molecule has 3 rings (SSSR count). The summed E-state index contributed by atoms with van der Waals surface area (Å²) in [6, 6.07) is 2.97. The van der Waals surface area contributed by atoms with Gasteiger partial charge in [0.25, 0.3) is 0 Å². The number of methoxy groups -OCH3 is 1. The number of hydrogen-bond acceptors (Lipinski definition) is 5. The quantitative estimate of drug-likeness (QED) is 0.844. The van der Waals surface area contributed by atoms with Gasteiger partial charge in [-0.25, -0.2) is 4.39 Å². The Morgan fingerprint density at radius 1 is 1.32 bits per heavy atom. The summed E-state index contributed by atoms with van der Waals surface area (Å²) in [5.74, 6) is 0.503. The van der Waals surface area contributed by atoms with E-state index >= 15 is 0 Å². The average Bonchev–Trinajstić information content (AvgIpc) is 3.03. The molecule has 2 heterocycles. The summed E-state index contributed by atoms with van der Waals surface area (Å²) in [7, 11) is 0.728. The molecule has 1 N–H and O–H groups in total. The number of aromatic nitrogens is 1. The van der Waals surface area contributed by atoms with Gasteiger partial charge in [0.05, 0.1) is 13.7 Å². The molecule has 1 aromatic heterocycles. The van der Waals surface area contributed by atoms with Gasteiger partial charge in [-0.3, -0.25) is 4.98 Å². The van der Waals surface area contributed by atoms with Crippen LogP contribution in [0.5, 0.6) is 11.5 Å². The highest BCUT2D eigenvalue weighted by atomic mass is 19.1. The molecule has 2 aromatic rings. The van der Waals surface area contributed by atoms with Gasteiger partial charge < -0.3 is 19.2 Å². The smallest absolute Gasteiger partial charge is 0.454 e. The normalized spacial score (nSPS) is 17.0. The third-order valence-corrected chi connectivity index (χ3v) is 4.51. The Hall–Kier alpha value is -2.12. The van der Waals surface area contributed by atoms with Crippen molar-refractivity contribution in [3.63, 3.8) is 0 Å². The van der Waals surface area contributed by atoms with Crippen LogP contribution in [0.15, 0.2) is 24.5 Å². The maximum atomic E-state index is 14.7. The fraction of sp³-hybridized carbons (Fsp3) is 0.389. The summed E-state index contributed by atoms with van der Waals surface area (Å²) in [5, 5.41) is 9.60. The Kier molecular flexibility index (Phi) is 5.25.